The Hall–Kier alpha value is -2.30. The number of amides is 1. The average molecular weight is 259 g/mol. The van der Waals surface area contributed by atoms with Gasteiger partial charge in [-0.05, 0) is 31.5 Å². The summed E-state index contributed by atoms with van der Waals surface area (Å²) in [7, 11) is 1.80. The van der Waals surface area contributed by atoms with Crippen molar-refractivity contribution >= 4 is 11.6 Å². The SMILES string of the molecule is CNc1cc(C)ccc1C(=O)NCc1cc(C)no1. The van der Waals surface area contributed by atoms with E-state index in [0.717, 1.165) is 16.9 Å². The Labute approximate surface area is 112 Å². The fourth-order valence-corrected chi connectivity index (χ4v) is 1.83. The van der Waals surface area contributed by atoms with E-state index in [9.17, 15) is 4.79 Å². The van der Waals surface area contributed by atoms with Crippen LogP contribution in [0.1, 0.15) is 27.4 Å². The summed E-state index contributed by atoms with van der Waals surface area (Å²) in [6.07, 6.45) is 0. The van der Waals surface area contributed by atoms with Crippen molar-refractivity contribution in [3.05, 3.63) is 46.8 Å². The van der Waals surface area contributed by atoms with E-state index in [2.05, 4.69) is 15.8 Å². The average Bonchev–Trinajstić information content (AvgIpc) is 2.81. The standard InChI is InChI=1S/C14H17N3O2/c1-9-4-5-12(13(6-9)15-3)14(18)16-8-11-7-10(2)17-19-11/h4-7,15H,8H2,1-3H3,(H,16,18). The minimum absolute atomic E-state index is 0.140. The first-order chi connectivity index (χ1) is 9.10. The third-order valence-corrected chi connectivity index (χ3v) is 2.79. The molecule has 0 fully saturated rings. The molecule has 0 saturated heterocycles. The second-order valence-electron chi connectivity index (χ2n) is 4.42. The number of anilines is 1. The largest absolute Gasteiger partial charge is 0.387 e. The molecule has 0 aliphatic heterocycles. The second-order valence-corrected chi connectivity index (χ2v) is 4.42. The quantitative estimate of drug-likeness (QED) is 0.883. The predicted molar refractivity (Wildman–Crippen MR) is 73.1 cm³/mol. The van der Waals surface area contributed by atoms with E-state index in [1.54, 1.807) is 13.1 Å². The van der Waals surface area contributed by atoms with E-state index in [1.165, 1.54) is 0 Å². The van der Waals surface area contributed by atoms with Gasteiger partial charge in [0.15, 0.2) is 5.76 Å². The molecule has 5 nitrogen and oxygen atoms in total. The summed E-state index contributed by atoms with van der Waals surface area (Å²) in [5.41, 5.74) is 3.33. The van der Waals surface area contributed by atoms with Gasteiger partial charge < -0.3 is 15.2 Å². The smallest absolute Gasteiger partial charge is 0.253 e. The number of nitrogens with one attached hydrogen (secondary N) is 2. The first-order valence-corrected chi connectivity index (χ1v) is 6.09. The topological polar surface area (TPSA) is 67.2 Å². The van der Waals surface area contributed by atoms with Gasteiger partial charge in [0.25, 0.3) is 5.91 Å². The van der Waals surface area contributed by atoms with E-state index in [-0.39, 0.29) is 5.91 Å². The monoisotopic (exact) mass is 259 g/mol. The van der Waals surface area contributed by atoms with Crippen LogP contribution in [0.25, 0.3) is 0 Å². The lowest BCUT2D eigenvalue weighted by atomic mass is 10.1. The molecule has 0 spiro atoms. The van der Waals surface area contributed by atoms with Crippen LogP contribution in [0.5, 0.6) is 0 Å². The molecule has 0 saturated carbocycles. The number of rotatable bonds is 4. The van der Waals surface area contributed by atoms with Crippen LogP contribution in [-0.4, -0.2) is 18.1 Å². The van der Waals surface area contributed by atoms with E-state index < -0.39 is 0 Å². The minimum Gasteiger partial charge on any atom is -0.387 e. The van der Waals surface area contributed by atoms with Gasteiger partial charge in [0.05, 0.1) is 17.8 Å². The first-order valence-electron chi connectivity index (χ1n) is 6.09. The molecule has 1 heterocycles. The van der Waals surface area contributed by atoms with Gasteiger partial charge in [-0.15, -0.1) is 0 Å². The Morgan fingerprint density at radius 2 is 2.11 bits per heavy atom. The Kier molecular flexibility index (Phi) is 3.85. The van der Waals surface area contributed by atoms with Gasteiger partial charge in [-0.3, -0.25) is 4.79 Å². The van der Waals surface area contributed by atoms with Gasteiger partial charge in [-0.1, -0.05) is 11.2 Å². The van der Waals surface area contributed by atoms with Crippen molar-refractivity contribution in [2.24, 2.45) is 0 Å². The molecule has 0 atom stereocenters. The van der Waals surface area contributed by atoms with E-state index >= 15 is 0 Å². The van der Waals surface area contributed by atoms with Crippen LogP contribution in [0.15, 0.2) is 28.8 Å². The number of carbonyl (C=O) groups excluding carboxylic acids is 1. The summed E-state index contributed by atoms with van der Waals surface area (Å²) < 4.78 is 5.05. The van der Waals surface area contributed by atoms with Crippen molar-refractivity contribution in [1.82, 2.24) is 10.5 Å². The molecule has 2 N–H and O–H groups in total. The number of nitrogens with zero attached hydrogens (tertiary/aromatic N) is 1. The van der Waals surface area contributed by atoms with Crippen molar-refractivity contribution in [1.29, 1.82) is 0 Å². The van der Waals surface area contributed by atoms with Gasteiger partial charge in [-0.25, -0.2) is 0 Å². The van der Waals surface area contributed by atoms with Crippen LogP contribution in [0, 0.1) is 13.8 Å². The zero-order valence-electron chi connectivity index (χ0n) is 11.3. The number of hydrogen-bond donors (Lipinski definition) is 2. The summed E-state index contributed by atoms with van der Waals surface area (Å²) in [6, 6.07) is 7.46. The fourth-order valence-electron chi connectivity index (χ4n) is 1.83. The molecule has 0 bridgehead atoms. The van der Waals surface area contributed by atoms with Crippen LogP contribution >= 0.6 is 0 Å². The highest BCUT2D eigenvalue weighted by Crippen LogP contribution is 2.17. The zero-order chi connectivity index (χ0) is 13.8. The predicted octanol–water partition coefficient (Wildman–Crippen LogP) is 2.26. The van der Waals surface area contributed by atoms with Gasteiger partial charge >= 0.3 is 0 Å². The maximum Gasteiger partial charge on any atom is 0.253 e. The molecule has 5 heteroatoms. The molecule has 1 amide bonds. The molecule has 1 aromatic heterocycles. The maximum absolute atomic E-state index is 12.1. The summed E-state index contributed by atoms with van der Waals surface area (Å²) >= 11 is 0. The molecule has 0 unspecified atom stereocenters. The Balaban J connectivity index is 2.07. The third kappa shape index (κ3) is 3.13. The summed E-state index contributed by atoms with van der Waals surface area (Å²) in [4.78, 5) is 12.1. The van der Waals surface area contributed by atoms with Crippen LogP contribution in [0.2, 0.25) is 0 Å². The highest BCUT2D eigenvalue weighted by Gasteiger charge is 2.11. The van der Waals surface area contributed by atoms with Crippen molar-refractivity contribution in [2.45, 2.75) is 20.4 Å². The first kappa shape index (κ1) is 13.1. The lowest BCUT2D eigenvalue weighted by molar-refractivity contribution is 0.0948. The van der Waals surface area contributed by atoms with Crippen LogP contribution < -0.4 is 10.6 Å². The highest BCUT2D eigenvalue weighted by atomic mass is 16.5. The van der Waals surface area contributed by atoms with Gasteiger partial charge in [0.2, 0.25) is 0 Å². The molecule has 100 valence electrons. The number of benzene rings is 1. The summed E-state index contributed by atoms with van der Waals surface area (Å²) in [5.74, 6) is 0.502. The number of aromatic nitrogens is 1. The molecule has 0 aliphatic rings. The summed E-state index contributed by atoms with van der Waals surface area (Å²) in [5, 5.41) is 9.61. The number of aryl methyl sites for hydroxylation is 2. The van der Waals surface area contributed by atoms with Crippen LogP contribution in [-0.2, 0) is 6.54 Å². The van der Waals surface area contributed by atoms with Gasteiger partial charge in [0.1, 0.15) is 0 Å². The maximum atomic E-state index is 12.1. The van der Waals surface area contributed by atoms with E-state index in [1.807, 2.05) is 32.0 Å². The molecular weight excluding hydrogens is 242 g/mol. The number of carbonyl (C=O) groups is 1. The lowest BCUT2D eigenvalue weighted by Gasteiger charge is -2.09. The normalized spacial score (nSPS) is 10.3. The van der Waals surface area contributed by atoms with Crippen LogP contribution in [0.4, 0.5) is 5.69 Å². The summed E-state index contributed by atoms with van der Waals surface area (Å²) in [6.45, 7) is 4.16. The van der Waals surface area contributed by atoms with Crippen LogP contribution in [0.3, 0.4) is 0 Å². The van der Waals surface area contributed by atoms with Crippen molar-refractivity contribution < 1.29 is 9.32 Å². The Bertz CT molecular complexity index is 590. The minimum atomic E-state index is -0.140. The molecule has 2 aromatic rings. The molecule has 0 radical (unpaired) electrons. The zero-order valence-corrected chi connectivity index (χ0v) is 11.3. The number of hydrogen-bond acceptors (Lipinski definition) is 4. The van der Waals surface area contributed by atoms with Crippen molar-refractivity contribution in [3.63, 3.8) is 0 Å². The van der Waals surface area contributed by atoms with Gasteiger partial charge in [0, 0.05) is 18.8 Å². The fraction of sp³-hybridized carbons (Fsp3) is 0.286. The van der Waals surface area contributed by atoms with Crippen molar-refractivity contribution in [3.8, 4) is 0 Å². The lowest BCUT2D eigenvalue weighted by Crippen LogP contribution is -2.23. The molecule has 19 heavy (non-hydrogen) atoms. The molecule has 2 rings (SSSR count). The van der Waals surface area contributed by atoms with E-state index in [0.29, 0.717) is 17.9 Å². The molecule has 0 aliphatic carbocycles. The molecular formula is C14H17N3O2. The Morgan fingerprint density at radius 1 is 1.32 bits per heavy atom. The van der Waals surface area contributed by atoms with Crippen molar-refractivity contribution in [2.75, 3.05) is 12.4 Å². The third-order valence-electron chi connectivity index (χ3n) is 2.79. The van der Waals surface area contributed by atoms with E-state index in [4.69, 9.17) is 4.52 Å². The molecule has 1 aromatic carbocycles. The second kappa shape index (κ2) is 5.56. The van der Waals surface area contributed by atoms with Gasteiger partial charge in [-0.2, -0.15) is 0 Å². The highest BCUT2D eigenvalue weighted by molar-refractivity contribution is 5.99. The Morgan fingerprint density at radius 3 is 2.74 bits per heavy atom.